The van der Waals surface area contributed by atoms with E-state index in [2.05, 4.69) is 38.8 Å². The molecule has 0 fully saturated rings. The molecule has 3 heterocycles. The lowest BCUT2D eigenvalue weighted by atomic mass is 10.1. The van der Waals surface area contributed by atoms with Gasteiger partial charge in [0, 0.05) is 40.5 Å². The van der Waals surface area contributed by atoms with E-state index < -0.39 is 0 Å². The number of hydrogen-bond acceptors (Lipinski definition) is 5. The number of ether oxygens (including phenoxy) is 2. The van der Waals surface area contributed by atoms with Crippen LogP contribution in [-0.4, -0.2) is 33.7 Å². The number of hydrogen-bond donors (Lipinski definition) is 0. The number of benzene rings is 3. The van der Waals surface area contributed by atoms with Crippen LogP contribution in [-0.2, 0) is 0 Å². The van der Waals surface area contributed by atoms with E-state index in [9.17, 15) is 0 Å². The Bertz CT molecular complexity index is 1620. The maximum Gasteiger partial charge on any atom is 0.146 e. The van der Waals surface area contributed by atoms with Crippen LogP contribution in [0.1, 0.15) is 0 Å². The molecule has 0 spiro atoms. The van der Waals surface area contributed by atoms with Gasteiger partial charge in [-0.05, 0) is 48.5 Å². The topological polar surface area (TPSA) is 62.1 Å². The van der Waals surface area contributed by atoms with Crippen LogP contribution >= 0.6 is 0 Å². The smallest absolute Gasteiger partial charge is 0.146 e. The molecule has 33 heavy (non-hydrogen) atoms. The van der Waals surface area contributed by atoms with Crippen LogP contribution in [0.25, 0.3) is 49.9 Å². The van der Waals surface area contributed by atoms with Gasteiger partial charge >= 0.3 is 0 Å². The maximum atomic E-state index is 5.54. The molecule has 0 aliphatic carbocycles. The predicted molar refractivity (Wildman–Crippen MR) is 130 cm³/mol. The number of methoxy groups -OCH3 is 2. The Morgan fingerprint density at radius 3 is 1.97 bits per heavy atom. The summed E-state index contributed by atoms with van der Waals surface area (Å²) in [6.07, 6.45) is 3.60. The first-order valence-electron chi connectivity index (χ1n) is 10.6. The molecule has 0 aliphatic heterocycles. The molecule has 0 aliphatic rings. The van der Waals surface area contributed by atoms with Gasteiger partial charge in [0.25, 0.3) is 0 Å². The van der Waals surface area contributed by atoms with Crippen molar-refractivity contribution in [2.24, 2.45) is 0 Å². The Labute approximate surface area is 190 Å². The summed E-state index contributed by atoms with van der Waals surface area (Å²) in [5, 5.41) is 1.96. The molecule has 6 aromatic rings. The third kappa shape index (κ3) is 2.99. The summed E-state index contributed by atoms with van der Waals surface area (Å²) in [4.78, 5) is 14.5. The van der Waals surface area contributed by atoms with Crippen molar-refractivity contribution in [1.29, 1.82) is 0 Å². The minimum Gasteiger partial charge on any atom is -0.497 e. The first-order valence-corrected chi connectivity index (χ1v) is 10.6. The van der Waals surface area contributed by atoms with Crippen molar-refractivity contribution in [3.63, 3.8) is 0 Å². The lowest BCUT2D eigenvalue weighted by molar-refractivity contribution is 0.394. The zero-order valence-corrected chi connectivity index (χ0v) is 18.2. The quantitative estimate of drug-likeness (QED) is 0.329. The van der Waals surface area contributed by atoms with Crippen molar-refractivity contribution >= 4 is 32.8 Å². The van der Waals surface area contributed by atoms with Crippen LogP contribution in [0.2, 0.25) is 0 Å². The van der Waals surface area contributed by atoms with Gasteiger partial charge in [-0.15, -0.1) is 0 Å². The summed E-state index contributed by atoms with van der Waals surface area (Å²) in [7, 11) is 3.30. The molecule has 0 saturated carbocycles. The Balaban J connectivity index is 1.84. The molecule has 0 radical (unpaired) electrons. The molecule has 0 bridgehead atoms. The number of nitrogens with zero attached hydrogens (tertiary/aromatic N) is 4. The molecule has 3 aromatic heterocycles. The van der Waals surface area contributed by atoms with Gasteiger partial charge in [-0.25, -0.2) is 4.98 Å². The number of para-hydroxylation sites is 1. The summed E-state index contributed by atoms with van der Waals surface area (Å²) in [5.41, 5.74) is 5.45. The lowest BCUT2D eigenvalue weighted by Crippen LogP contribution is -1.99. The Kier molecular flexibility index (Phi) is 4.43. The summed E-state index contributed by atoms with van der Waals surface area (Å²) in [6, 6.07) is 24.1. The lowest BCUT2D eigenvalue weighted by Gasteiger charge is -2.13. The van der Waals surface area contributed by atoms with Gasteiger partial charge in [-0.3, -0.25) is 14.5 Å². The van der Waals surface area contributed by atoms with Crippen molar-refractivity contribution in [3.8, 4) is 28.6 Å². The highest BCUT2D eigenvalue weighted by atomic mass is 16.5. The maximum absolute atomic E-state index is 5.54. The second-order valence-electron chi connectivity index (χ2n) is 7.70. The van der Waals surface area contributed by atoms with E-state index in [1.54, 1.807) is 26.6 Å². The highest BCUT2D eigenvalue weighted by molar-refractivity contribution is 6.21. The average molecular weight is 432 g/mol. The van der Waals surface area contributed by atoms with Crippen molar-refractivity contribution in [2.45, 2.75) is 0 Å². The SMILES string of the molecule is COc1cc(OC)cc(-c2nc3c4cccnc4c4ncccc4c3n2-c2ccccc2)c1. The summed E-state index contributed by atoms with van der Waals surface area (Å²) in [6.45, 7) is 0. The number of pyridine rings is 2. The molecule has 0 N–H and O–H groups in total. The third-order valence-electron chi connectivity index (χ3n) is 5.85. The fourth-order valence-corrected chi connectivity index (χ4v) is 4.39. The van der Waals surface area contributed by atoms with Gasteiger partial charge in [-0.1, -0.05) is 18.2 Å². The van der Waals surface area contributed by atoms with Gasteiger partial charge in [0.2, 0.25) is 0 Å². The molecule has 160 valence electrons. The van der Waals surface area contributed by atoms with Crippen molar-refractivity contribution < 1.29 is 9.47 Å². The number of imidazole rings is 1. The highest BCUT2D eigenvalue weighted by Gasteiger charge is 2.21. The van der Waals surface area contributed by atoms with E-state index in [4.69, 9.17) is 14.5 Å². The number of aromatic nitrogens is 4. The normalized spacial score (nSPS) is 11.3. The van der Waals surface area contributed by atoms with Crippen LogP contribution in [0, 0.1) is 0 Å². The third-order valence-corrected chi connectivity index (χ3v) is 5.85. The second-order valence-corrected chi connectivity index (χ2v) is 7.70. The Hall–Kier alpha value is -4.45. The first-order chi connectivity index (χ1) is 16.3. The largest absolute Gasteiger partial charge is 0.497 e. The molecule has 0 amide bonds. The molecular weight excluding hydrogens is 412 g/mol. The minimum absolute atomic E-state index is 0.703. The monoisotopic (exact) mass is 432 g/mol. The van der Waals surface area contributed by atoms with Crippen molar-refractivity contribution in [1.82, 2.24) is 19.5 Å². The van der Waals surface area contributed by atoms with Gasteiger partial charge in [0.15, 0.2) is 0 Å². The number of fused-ring (bicyclic) bond motifs is 6. The molecule has 0 saturated heterocycles. The fraction of sp³-hybridized carbons (Fsp3) is 0.0741. The Morgan fingerprint density at radius 1 is 0.667 bits per heavy atom. The van der Waals surface area contributed by atoms with E-state index in [0.717, 1.165) is 49.9 Å². The van der Waals surface area contributed by atoms with Crippen molar-refractivity contribution in [2.75, 3.05) is 14.2 Å². The molecule has 6 rings (SSSR count). The molecular formula is C27H20N4O2. The van der Waals surface area contributed by atoms with Gasteiger partial charge < -0.3 is 9.47 Å². The summed E-state index contributed by atoms with van der Waals surface area (Å²) < 4.78 is 13.3. The van der Waals surface area contributed by atoms with Crippen LogP contribution in [0.3, 0.4) is 0 Å². The van der Waals surface area contributed by atoms with Crippen LogP contribution in [0.5, 0.6) is 11.5 Å². The first kappa shape index (κ1) is 19.3. The molecule has 6 heteroatoms. The summed E-state index contributed by atoms with van der Waals surface area (Å²) in [5.74, 6) is 2.19. The van der Waals surface area contributed by atoms with Gasteiger partial charge in [0.1, 0.15) is 17.3 Å². The fourth-order valence-electron chi connectivity index (χ4n) is 4.39. The highest BCUT2D eigenvalue weighted by Crippen LogP contribution is 2.39. The number of rotatable bonds is 4. The van der Waals surface area contributed by atoms with E-state index in [1.807, 2.05) is 48.5 Å². The molecule has 0 atom stereocenters. The minimum atomic E-state index is 0.703. The standard InChI is InChI=1S/C27H20N4O2/c1-32-19-14-17(15-20(16-19)33-2)27-30-25-21-10-6-12-28-23(21)24-22(11-7-13-29-24)26(25)31(27)18-8-4-3-5-9-18/h3-16H,1-2H3. The predicted octanol–water partition coefficient (Wildman–Crippen LogP) is 5.81. The zero-order valence-electron chi connectivity index (χ0n) is 18.2. The van der Waals surface area contributed by atoms with Crippen LogP contribution < -0.4 is 9.47 Å². The summed E-state index contributed by atoms with van der Waals surface area (Å²) >= 11 is 0. The van der Waals surface area contributed by atoms with E-state index in [1.165, 1.54) is 0 Å². The molecule has 0 unspecified atom stereocenters. The van der Waals surface area contributed by atoms with Gasteiger partial charge in [0.05, 0.1) is 36.3 Å². The average Bonchev–Trinajstić information content (AvgIpc) is 3.30. The van der Waals surface area contributed by atoms with E-state index >= 15 is 0 Å². The zero-order chi connectivity index (χ0) is 22.4. The molecule has 3 aromatic carbocycles. The van der Waals surface area contributed by atoms with Crippen LogP contribution in [0.15, 0.2) is 85.2 Å². The van der Waals surface area contributed by atoms with Crippen LogP contribution in [0.4, 0.5) is 0 Å². The van der Waals surface area contributed by atoms with E-state index in [-0.39, 0.29) is 0 Å². The van der Waals surface area contributed by atoms with Crippen molar-refractivity contribution in [3.05, 3.63) is 85.2 Å². The second kappa shape index (κ2) is 7.60. The van der Waals surface area contributed by atoms with E-state index in [0.29, 0.717) is 11.5 Å². The van der Waals surface area contributed by atoms with Gasteiger partial charge in [-0.2, -0.15) is 0 Å². The molecule has 6 nitrogen and oxygen atoms in total. The Morgan fingerprint density at radius 2 is 1.30 bits per heavy atom.